The number of nitrogens with zero attached hydrogens (tertiary/aromatic N) is 4. The molecule has 0 N–H and O–H groups in total. The molecule has 2 aliphatic carbocycles. The molecule has 3 rings (SSSR count). The quantitative estimate of drug-likeness (QED) is 0.704. The van der Waals surface area contributed by atoms with Crippen molar-refractivity contribution in [2.75, 3.05) is 0 Å². The second-order valence-corrected chi connectivity index (χ2v) is 4.73. The van der Waals surface area contributed by atoms with Crippen molar-refractivity contribution in [1.29, 1.82) is 0 Å². The van der Waals surface area contributed by atoms with Crippen LogP contribution in [0.1, 0.15) is 44.0 Å². The molecule has 76 valence electrons. The first-order valence-corrected chi connectivity index (χ1v) is 5.72. The molecule has 0 aromatic carbocycles. The topological polar surface area (TPSA) is 43.6 Å². The first-order valence-electron chi connectivity index (χ1n) is 5.18. The molecule has 0 radical (unpaired) electrons. The summed E-state index contributed by atoms with van der Waals surface area (Å²) in [5.41, 5.74) is 0.538. The Morgan fingerprint density at radius 1 is 1.43 bits per heavy atom. The standard InChI is InChI=1S/C9H13ClN4/c10-6-8-11-12-13-14(8)7-5-9(7)3-1-2-4-9/h7H,1-6H2. The van der Waals surface area contributed by atoms with Crippen LogP contribution in [0.2, 0.25) is 0 Å². The van der Waals surface area contributed by atoms with E-state index >= 15 is 0 Å². The lowest BCUT2D eigenvalue weighted by Gasteiger charge is -2.07. The van der Waals surface area contributed by atoms with E-state index in [0.29, 0.717) is 17.3 Å². The smallest absolute Gasteiger partial charge is 0.166 e. The molecule has 14 heavy (non-hydrogen) atoms. The summed E-state index contributed by atoms with van der Waals surface area (Å²) in [6.07, 6.45) is 6.68. The molecule has 5 heteroatoms. The minimum absolute atomic E-state index is 0.416. The molecule has 2 aliphatic rings. The van der Waals surface area contributed by atoms with Gasteiger partial charge in [0.1, 0.15) is 0 Å². The molecule has 1 aromatic rings. The molecule has 1 atom stereocenters. The zero-order chi connectivity index (χ0) is 9.60. The normalized spacial score (nSPS) is 28.5. The van der Waals surface area contributed by atoms with Crippen molar-refractivity contribution in [1.82, 2.24) is 20.2 Å². The Kier molecular flexibility index (Phi) is 1.81. The molecule has 0 saturated heterocycles. The number of aromatic nitrogens is 4. The van der Waals surface area contributed by atoms with Gasteiger partial charge in [0, 0.05) is 0 Å². The minimum Gasteiger partial charge on any atom is -0.225 e. The summed E-state index contributed by atoms with van der Waals surface area (Å²) < 4.78 is 1.94. The molecule has 1 spiro atoms. The third-order valence-electron chi connectivity index (χ3n) is 3.72. The van der Waals surface area contributed by atoms with Crippen molar-refractivity contribution in [3.8, 4) is 0 Å². The van der Waals surface area contributed by atoms with Gasteiger partial charge in [-0.05, 0) is 35.1 Å². The highest BCUT2D eigenvalue weighted by Crippen LogP contribution is 2.65. The van der Waals surface area contributed by atoms with Crippen LogP contribution in [-0.2, 0) is 5.88 Å². The Labute approximate surface area is 87.6 Å². The van der Waals surface area contributed by atoms with Crippen LogP contribution >= 0.6 is 11.6 Å². The van der Waals surface area contributed by atoms with Gasteiger partial charge in [-0.1, -0.05) is 12.8 Å². The van der Waals surface area contributed by atoms with Crippen LogP contribution in [0.3, 0.4) is 0 Å². The highest BCUT2D eigenvalue weighted by Gasteiger charge is 2.57. The van der Waals surface area contributed by atoms with Crippen LogP contribution < -0.4 is 0 Å². The summed E-state index contributed by atoms with van der Waals surface area (Å²) in [5.74, 6) is 1.24. The highest BCUT2D eigenvalue weighted by molar-refractivity contribution is 6.16. The van der Waals surface area contributed by atoms with Crippen molar-refractivity contribution in [2.45, 2.75) is 44.0 Å². The fourth-order valence-corrected chi connectivity index (χ4v) is 3.01. The monoisotopic (exact) mass is 212 g/mol. The summed E-state index contributed by atoms with van der Waals surface area (Å²) in [6, 6.07) is 0.536. The summed E-state index contributed by atoms with van der Waals surface area (Å²) in [5, 5.41) is 11.6. The van der Waals surface area contributed by atoms with Gasteiger partial charge < -0.3 is 0 Å². The van der Waals surface area contributed by atoms with E-state index in [2.05, 4.69) is 15.5 Å². The molecule has 1 aromatic heterocycles. The summed E-state index contributed by atoms with van der Waals surface area (Å²) >= 11 is 5.78. The van der Waals surface area contributed by atoms with Crippen LogP contribution in [-0.4, -0.2) is 20.2 Å². The molecule has 2 saturated carbocycles. The fraction of sp³-hybridized carbons (Fsp3) is 0.889. The number of tetrazole rings is 1. The first-order chi connectivity index (χ1) is 6.86. The van der Waals surface area contributed by atoms with Crippen LogP contribution in [0.5, 0.6) is 0 Å². The number of rotatable bonds is 2. The van der Waals surface area contributed by atoms with Gasteiger partial charge >= 0.3 is 0 Å². The van der Waals surface area contributed by atoms with E-state index in [-0.39, 0.29) is 0 Å². The number of hydrogen-bond donors (Lipinski definition) is 0. The maximum atomic E-state index is 5.78. The van der Waals surface area contributed by atoms with Gasteiger partial charge in [-0.15, -0.1) is 16.7 Å². The zero-order valence-corrected chi connectivity index (χ0v) is 8.74. The molecule has 1 heterocycles. The van der Waals surface area contributed by atoms with Gasteiger partial charge in [-0.3, -0.25) is 0 Å². The zero-order valence-electron chi connectivity index (χ0n) is 7.99. The van der Waals surface area contributed by atoms with E-state index in [1.165, 1.54) is 32.1 Å². The molecule has 0 aliphatic heterocycles. The first kappa shape index (κ1) is 8.65. The maximum absolute atomic E-state index is 5.78. The van der Waals surface area contributed by atoms with Crippen LogP contribution in [0.25, 0.3) is 0 Å². The molecule has 0 bridgehead atoms. The molecular formula is C9H13ClN4. The van der Waals surface area contributed by atoms with E-state index < -0.39 is 0 Å². The Morgan fingerprint density at radius 2 is 2.21 bits per heavy atom. The van der Waals surface area contributed by atoms with E-state index in [9.17, 15) is 0 Å². The van der Waals surface area contributed by atoms with E-state index in [1.807, 2.05) is 4.68 Å². The minimum atomic E-state index is 0.416. The lowest BCUT2D eigenvalue weighted by molar-refractivity contribution is 0.429. The van der Waals surface area contributed by atoms with Crippen LogP contribution in [0.15, 0.2) is 0 Å². The van der Waals surface area contributed by atoms with Gasteiger partial charge in [-0.2, -0.15) is 0 Å². The fourth-order valence-electron chi connectivity index (χ4n) is 2.83. The van der Waals surface area contributed by atoms with Crippen molar-refractivity contribution in [3.05, 3.63) is 5.82 Å². The Hall–Kier alpha value is -0.640. The summed E-state index contributed by atoms with van der Waals surface area (Å²) in [4.78, 5) is 0. The van der Waals surface area contributed by atoms with Gasteiger partial charge in [-0.25, -0.2) is 4.68 Å². The lowest BCUT2D eigenvalue weighted by atomic mass is 10.1. The van der Waals surface area contributed by atoms with E-state index in [0.717, 1.165) is 5.82 Å². The van der Waals surface area contributed by atoms with Crippen LogP contribution in [0.4, 0.5) is 0 Å². The Bertz CT molecular complexity index is 342. The Balaban J connectivity index is 1.85. The average Bonchev–Trinajstić information content (AvgIpc) is 2.61. The van der Waals surface area contributed by atoms with Crippen LogP contribution in [0, 0.1) is 5.41 Å². The maximum Gasteiger partial charge on any atom is 0.166 e. The number of hydrogen-bond acceptors (Lipinski definition) is 3. The molecule has 4 nitrogen and oxygen atoms in total. The molecule has 1 unspecified atom stereocenters. The molecular weight excluding hydrogens is 200 g/mol. The average molecular weight is 213 g/mol. The second-order valence-electron chi connectivity index (χ2n) is 4.46. The van der Waals surface area contributed by atoms with Crippen molar-refractivity contribution < 1.29 is 0 Å². The predicted octanol–water partition coefficient (Wildman–Crippen LogP) is 1.92. The van der Waals surface area contributed by atoms with E-state index in [4.69, 9.17) is 11.6 Å². The highest BCUT2D eigenvalue weighted by atomic mass is 35.5. The third kappa shape index (κ3) is 1.10. The van der Waals surface area contributed by atoms with E-state index in [1.54, 1.807) is 0 Å². The third-order valence-corrected chi connectivity index (χ3v) is 3.96. The van der Waals surface area contributed by atoms with Gasteiger partial charge in [0.2, 0.25) is 0 Å². The number of alkyl halides is 1. The second kappa shape index (κ2) is 2.92. The Morgan fingerprint density at radius 3 is 2.93 bits per heavy atom. The van der Waals surface area contributed by atoms with Gasteiger partial charge in [0.05, 0.1) is 11.9 Å². The summed E-state index contributed by atoms with van der Waals surface area (Å²) in [6.45, 7) is 0. The molecule has 2 fully saturated rings. The predicted molar refractivity (Wildman–Crippen MR) is 51.9 cm³/mol. The molecule has 0 amide bonds. The van der Waals surface area contributed by atoms with Gasteiger partial charge in [0.15, 0.2) is 5.82 Å². The number of halogens is 1. The lowest BCUT2D eigenvalue weighted by Crippen LogP contribution is -2.08. The van der Waals surface area contributed by atoms with Crippen molar-refractivity contribution in [2.24, 2.45) is 5.41 Å². The largest absolute Gasteiger partial charge is 0.225 e. The van der Waals surface area contributed by atoms with Crippen molar-refractivity contribution in [3.63, 3.8) is 0 Å². The SMILES string of the molecule is ClCc1nnnn1C1CC12CCCC2. The van der Waals surface area contributed by atoms with Crippen molar-refractivity contribution >= 4 is 11.6 Å². The summed E-state index contributed by atoms with van der Waals surface area (Å²) in [7, 11) is 0. The van der Waals surface area contributed by atoms with Gasteiger partial charge in [0.25, 0.3) is 0 Å².